The number of hydrogen-bond donors (Lipinski definition) is 0. The van der Waals surface area contributed by atoms with Crippen LogP contribution in [0, 0.1) is 0 Å². The largest absolute Gasteiger partial charge is 0.339 e. The predicted octanol–water partition coefficient (Wildman–Crippen LogP) is 2.62. The van der Waals surface area contributed by atoms with Crippen LogP contribution in [0.5, 0.6) is 0 Å². The van der Waals surface area contributed by atoms with Gasteiger partial charge < -0.3 is 4.52 Å². The molecule has 3 heterocycles. The van der Waals surface area contributed by atoms with E-state index < -0.39 is 9.84 Å². The van der Waals surface area contributed by atoms with Crippen molar-refractivity contribution in [2.45, 2.75) is 51.7 Å². The van der Waals surface area contributed by atoms with Gasteiger partial charge in [0, 0.05) is 22.9 Å². The fourth-order valence-electron chi connectivity index (χ4n) is 2.78. The van der Waals surface area contributed by atoms with Crippen LogP contribution in [0.25, 0.3) is 0 Å². The topological polar surface area (TPSA) is 76.3 Å². The Bertz CT molecular complexity index is 776. The van der Waals surface area contributed by atoms with Crippen molar-refractivity contribution >= 4 is 21.2 Å². The second-order valence-electron chi connectivity index (χ2n) is 7.31. The Morgan fingerprint density at radius 3 is 2.71 bits per heavy atom. The first-order chi connectivity index (χ1) is 11.2. The van der Waals surface area contributed by atoms with Crippen LogP contribution in [0.3, 0.4) is 0 Å². The molecule has 0 N–H and O–H groups in total. The van der Waals surface area contributed by atoms with E-state index in [1.807, 2.05) is 32.2 Å². The minimum absolute atomic E-state index is 0.00804. The van der Waals surface area contributed by atoms with Gasteiger partial charge in [0.15, 0.2) is 15.7 Å². The summed E-state index contributed by atoms with van der Waals surface area (Å²) >= 11 is 1.67. The summed E-state index contributed by atoms with van der Waals surface area (Å²) in [4.78, 5) is 7.86. The molecule has 1 atom stereocenters. The zero-order valence-corrected chi connectivity index (χ0v) is 15.9. The van der Waals surface area contributed by atoms with Gasteiger partial charge in [0.1, 0.15) is 0 Å². The van der Waals surface area contributed by atoms with Crippen LogP contribution < -0.4 is 0 Å². The second kappa shape index (κ2) is 6.57. The Labute approximate surface area is 146 Å². The van der Waals surface area contributed by atoms with E-state index in [1.165, 1.54) is 4.88 Å². The highest BCUT2D eigenvalue weighted by Crippen LogP contribution is 2.24. The molecule has 1 aliphatic rings. The first-order valence-electron chi connectivity index (χ1n) is 8.03. The van der Waals surface area contributed by atoms with Crippen LogP contribution >= 0.6 is 11.3 Å². The van der Waals surface area contributed by atoms with Gasteiger partial charge in [0.25, 0.3) is 0 Å². The van der Waals surface area contributed by atoms with Crippen molar-refractivity contribution in [3.63, 3.8) is 0 Å². The molecule has 3 rings (SSSR count). The lowest BCUT2D eigenvalue weighted by molar-refractivity contribution is 0.188. The van der Waals surface area contributed by atoms with E-state index in [0.29, 0.717) is 31.2 Å². The minimum Gasteiger partial charge on any atom is -0.339 e. The van der Waals surface area contributed by atoms with E-state index in [-0.39, 0.29) is 23.0 Å². The van der Waals surface area contributed by atoms with Gasteiger partial charge in [-0.2, -0.15) is 4.98 Å². The number of hydrogen-bond acceptors (Lipinski definition) is 7. The molecule has 0 aliphatic carbocycles. The summed E-state index contributed by atoms with van der Waals surface area (Å²) in [6.45, 7) is 7.28. The summed E-state index contributed by atoms with van der Waals surface area (Å²) in [6, 6.07) is 4.08. The van der Waals surface area contributed by atoms with Gasteiger partial charge in [0.05, 0.1) is 18.1 Å². The number of aromatic nitrogens is 2. The van der Waals surface area contributed by atoms with Gasteiger partial charge >= 0.3 is 0 Å². The Morgan fingerprint density at radius 1 is 1.38 bits per heavy atom. The van der Waals surface area contributed by atoms with Crippen LogP contribution in [0.1, 0.15) is 43.8 Å². The molecule has 0 aromatic carbocycles. The molecule has 2 aromatic heterocycles. The summed E-state index contributed by atoms with van der Waals surface area (Å²) in [5.41, 5.74) is -0.194. The van der Waals surface area contributed by atoms with Crippen molar-refractivity contribution in [3.8, 4) is 0 Å². The summed E-state index contributed by atoms with van der Waals surface area (Å²) in [6.07, 6.45) is 0.664. The van der Waals surface area contributed by atoms with E-state index in [1.54, 1.807) is 11.3 Å². The highest BCUT2D eigenvalue weighted by molar-refractivity contribution is 7.91. The van der Waals surface area contributed by atoms with E-state index in [4.69, 9.17) is 4.52 Å². The van der Waals surface area contributed by atoms with Crippen LogP contribution in [0.15, 0.2) is 22.0 Å². The Hall–Kier alpha value is -1.25. The number of rotatable bonds is 5. The molecule has 2 aromatic rings. The first-order valence-corrected chi connectivity index (χ1v) is 10.7. The SMILES string of the molecule is CC(C)(C)c1nc(CN(Cc2cccs2)[C@H]2CCS(=O)(=O)C2)no1. The molecular formula is C16H23N3O3S2. The highest BCUT2D eigenvalue weighted by Gasteiger charge is 2.33. The first kappa shape index (κ1) is 17.6. The Balaban J connectivity index is 1.78. The third-order valence-electron chi connectivity index (χ3n) is 4.12. The lowest BCUT2D eigenvalue weighted by Crippen LogP contribution is -2.35. The molecule has 24 heavy (non-hydrogen) atoms. The van der Waals surface area contributed by atoms with Crippen LogP contribution in [-0.4, -0.2) is 41.0 Å². The fourth-order valence-corrected chi connectivity index (χ4v) is 5.28. The molecule has 6 nitrogen and oxygen atoms in total. The van der Waals surface area contributed by atoms with E-state index in [0.717, 1.165) is 0 Å². The van der Waals surface area contributed by atoms with Gasteiger partial charge in [-0.15, -0.1) is 11.3 Å². The lowest BCUT2D eigenvalue weighted by Gasteiger charge is -2.26. The molecule has 0 radical (unpaired) electrons. The maximum atomic E-state index is 11.9. The fraction of sp³-hybridized carbons (Fsp3) is 0.625. The Kier molecular flexibility index (Phi) is 4.81. The van der Waals surface area contributed by atoms with Crippen molar-refractivity contribution < 1.29 is 12.9 Å². The standard InChI is InChI=1S/C16H23N3O3S2/c1-16(2,3)15-17-14(18-22-15)10-19(9-13-5-4-7-23-13)12-6-8-24(20,21)11-12/h4-5,7,12H,6,8-11H2,1-3H3/t12-/m0/s1. The summed E-state index contributed by atoms with van der Waals surface area (Å²) < 4.78 is 29.1. The van der Waals surface area contributed by atoms with Crippen LogP contribution in [-0.2, 0) is 28.3 Å². The zero-order chi connectivity index (χ0) is 17.4. The van der Waals surface area contributed by atoms with Gasteiger partial charge in [-0.05, 0) is 17.9 Å². The highest BCUT2D eigenvalue weighted by atomic mass is 32.2. The zero-order valence-electron chi connectivity index (χ0n) is 14.2. The monoisotopic (exact) mass is 369 g/mol. The number of thiophene rings is 1. The van der Waals surface area contributed by atoms with Crippen molar-refractivity contribution in [2.24, 2.45) is 0 Å². The Morgan fingerprint density at radius 2 is 2.17 bits per heavy atom. The maximum Gasteiger partial charge on any atom is 0.232 e. The van der Waals surface area contributed by atoms with Crippen molar-refractivity contribution in [2.75, 3.05) is 11.5 Å². The smallest absolute Gasteiger partial charge is 0.232 e. The summed E-state index contributed by atoms with van der Waals surface area (Å²) in [7, 11) is -2.93. The molecule has 0 spiro atoms. The maximum absolute atomic E-state index is 11.9. The lowest BCUT2D eigenvalue weighted by atomic mass is 9.97. The van der Waals surface area contributed by atoms with E-state index in [2.05, 4.69) is 21.1 Å². The molecule has 8 heteroatoms. The van der Waals surface area contributed by atoms with Gasteiger partial charge in [-0.25, -0.2) is 8.42 Å². The molecule has 0 bridgehead atoms. The van der Waals surface area contributed by atoms with Crippen LogP contribution in [0.4, 0.5) is 0 Å². The molecule has 0 saturated carbocycles. The second-order valence-corrected chi connectivity index (χ2v) is 10.6. The molecule has 0 unspecified atom stereocenters. The molecule has 1 saturated heterocycles. The van der Waals surface area contributed by atoms with E-state index in [9.17, 15) is 8.42 Å². The van der Waals surface area contributed by atoms with Gasteiger partial charge in [-0.3, -0.25) is 4.90 Å². The quantitative estimate of drug-likeness (QED) is 0.806. The number of nitrogens with zero attached hydrogens (tertiary/aromatic N) is 3. The van der Waals surface area contributed by atoms with E-state index >= 15 is 0 Å². The summed E-state index contributed by atoms with van der Waals surface area (Å²) in [5.74, 6) is 1.69. The molecule has 1 fully saturated rings. The number of sulfone groups is 1. The van der Waals surface area contributed by atoms with Gasteiger partial charge in [-0.1, -0.05) is 32.0 Å². The average Bonchev–Trinajstić information content (AvgIpc) is 3.17. The van der Waals surface area contributed by atoms with Crippen molar-refractivity contribution in [3.05, 3.63) is 34.1 Å². The summed E-state index contributed by atoms with van der Waals surface area (Å²) in [5, 5.41) is 6.12. The molecule has 0 amide bonds. The van der Waals surface area contributed by atoms with Crippen LogP contribution in [0.2, 0.25) is 0 Å². The minimum atomic E-state index is -2.93. The third-order valence-corrected chi connectivity index (χ3v) is 6.73. The predicted molar refractivity (Wildman–Crippen MR) is 93.6 cm³/mol. The van der Waals surface area contributed by atoms with Crippen molar-refractivity contribution in [1.82, 2.24) is 15.0 Å². The third kappa shape index (κ3) is 4.23. The van der Waals surface area contributed by atoms with Gasteiger partial charge in [0.2, 0.25) is 5.89 Å². The molecule has 1 aliphatic heterocycles. The molecular weight excluding hydrogens is 346 g/mol. The molecule has 132 valence electrons. The average molecular weight is 370 g/mol. The van der Waals surface area contributed by atoms with Crippen molar-refractivity contribution in [1.29, 1.82) is 0 Å². The normalized spacial score (nSPS) is 20.8.